The van der Waals surface area contributed by atoms with Crippen molar-refractivity contribution in [1.82, 2.24) is 24.5 Å². The van der Waals surface area contributed by atoms with Crippen LogP contribution in [0.2, 0.25) is 0 Å². The first kappa shape index (κ1) is 19.0. The summed E-state index contributed by atoms with van der Waals surface area (Å²) in [7, 11) is -2.26. The molecule has 4 rings (SSSR count). The normalized spacial score (nSPS) is 11.9. The predicted octanol–water partition coefficient (Wildman–Crippen LogP) is 1.58. The largest absolute Gasteiger partial charge is 0.419 e. The van der Waals surface area contributed by atoms with Crippen LogP contribution in [0.15, 0.2) is 56.6 Å². The number of nitrogens with zero attached hydrogens (tertiary/aromatic N) is 3. The summed E-state index contributed by atoms with van der Waals surface area (Å²) in [5.74, 6) is -0.0411. The van der Waals surface area contributed by atoms with E-state index >= 15 is 0 Å². The molecule has 150 valence electrons. The van der Waals surface area contributed by atoms with Crippen LogP contribution in [-0.4, -0.2) is 34.7 Å². The molecule has 0 saturated carbocycles. The van der Waals surface area contributed by atoms with Crippen molar-refractivity contribution >= 4 is 21.1 Å². The summed E-state index contributed by atoms with van der Waals surface area (Å²) in [5, 5.41) is 6.79. The summed E-state index contributed by atoms with van der Waals surface area (Å²) >= 11 is 0. The number of sulfonamides is 1. The lowest BCUT2D eigenvalue weighted by Crippen LogP contribution is -2.26. The van der Waals surface area contributed by atoms with Gasteiger partial charge < -0.3 is 4.42 Å². The highest BCUT2D eigenvalue weighted by Crippen LogP contribution is 2.18. The average molecular weight is 417 g/mol. The Balaban J connectivity index is 1.43. The topological polar surface area (TPSA) is 123 Å². The molecule has 0 radical (unpaired) electrons. The molecular formula is C18H16FN5O4S. The summed E-state index contributed by atoms with van der Waals surface area (Å²) in [6.45, 7) is 0.0805. The fourth-order valence-corrected chi connectivity index (χ4v) is 3.85. The van der Waals surface area contributed by atoms with E-state index in [1.54, 1.807) is 12.1 Å². The van der Waals surface area contributed by atoms with Gasteiger partial charge in [0.2, 0.25) is 10.0 Å². The van der Waals surface area contributed by atoms with Crippen molar-refractivity contribution in [1.29, 1.82) is 0 Å². The lowest BCUT2D eigenvalue weighted by Gasteiger charge is -2.05. The van der Waals surface area contributed by atoms with Crippen LogP contribution in [0.25, 0.3) is 22.5 Å². The van der Waals surface area contributed by atoms with Crippen LogP contribution in [0.1, 0.15) is 5.82 Å². The van der Waals surface area contributed by atoms with Gasteiger partial charge in [0, 0.05) is 31.6 Å². The molecule has 2 aromatic carbocycles. The standard InChI is InChI=1S/C18H16FN5O4S/c1-24-14-7-6-13(10-15(14)28-18(24)25)29(26,27)20-9-8-16-21-17(23-22-16)11-2-4-12(19)5-3-11/h2-7,10,20H,8-9H2,1H3,(H,21,22,23). The zero-order valence-corrected chi connectivity index (χ0v) is 16.0. The number of nitrogens with one attached hydrogen (secondary N) is 2. The summed E-state index contributed by atoms with van der Waals surface area (Å²) in [5.41, 5.74) is 1.34. The minimum Gasteiger partial charge on any atom is -0.408 e. The molecule has 0 spiro atoms. The van der Waals surface area contributed by atoms with Gasteiger partial charge >= 0.3 is 5.76 Å². The van der Waals surface area contributed by atoms with Crippen LogP contribution >= 0.6 is 0 Å². The molecule has 0 amide bonds. The molecule has 29 heavy (non-hydrogen) atoms. The minimum absolute atomic E-state index is 0.0103. The van der Waals surface area contributed by atoms with Crippen LogP contribution in [0.5, 0.6) is 0 Å². The molecule has 0 aliphatic rings. The number of oxazole rings is 1. The van der Waals surface area contributed by atoms with Crippen molar-refractivity contribution in [2.24, 2.45) is 7.05 Å². The highest BCUT2D eigenvalue weighted by molar-refractivity contribution is 7.89. The van der Waals surface area contributed by atoms with Gasteiger partial charge in [0.1, 0.15) is 11.6 Å². The van der Waals surface area contributed by atoms with E-state index in [-0.39, 0.29) is 29.3 Å². The van der Waals surface area contributed by atoms with Crippen LogP contribution < -0.4 is 10.5 Å². The summed E-state index contributed by atoms with van der Waals surface area (Å²) in [4.78, 5) is 15.8. The smallest absolute Gasteiger partial charge is 0.408 e. The molecule has 0 fully saturated rings. The third-order valence-electron chi connectivity index (χ3n) is 4.36. The minimum atomic E-state index is -3.80. The van der Waals surface area contributed by atoms with Gasteiger partial charge in [-0.05, 0) is 36.4 Å². The summed E-state index contributed by atoms with van der Waals surface area (Å²) in [6.07, 6.45) is 0.274. The van der Waals surface area contributed by atoms with Gasteiger partial charge in [-0.25, -0.2) is 27.3 Å². The Morgan fingerprint density at radius 1 is 1.21 bits per heavy atom. The van der Waals surface area contributed by atoms with E-state index < -0.39 is 15.8 Å². The maximum Gasteiger partial charge on any atom is 0.419 e. The molecule has 0 aliphatic carbocycles. The number of aromatic nitrogens is 4. The van der Waals surface area contributed by atoms with Crippen molar-refractivity contribution in [3.63, 3.8) is 0 Å². The van der Waals surface area contributed by atoms with Gasteiger partial charge in [-0.1, -0.05) is 0 Å². The molecule has 0 unspecified atom stereocenters. The van der Waals surface area contributed by atoms with E-state index in [1.165, 1.54) is 41.9 Å². The lowest BCUT2D eigenvalue weighted by atomic mass is 10.2. The van der Waals surface area contributed by atoms with E-state index in [9.17, 15) is 17.6 Å². The summed E-state index contributed by atoms with van der Waals surface area (Å²) in [6, 6.07) is 9.96. The molecule has 2 heterocycles. The maximum atomic E-state index is 13.0. The van der Waals surface area contributed by atoms with Crippen molar-refractivity contribution in [3.05, 3.63) is 64.7 Å². The number of benzene rings is 2. The SMILES string of the molecule is Cn1c(=O)oc2cc(S(=O)(=O)NCCc3nc(-c4ccc(F)cc4)n[nH]3)ccc21. The van der Waals surface area contributed by atoms with Gasteiger partial charge in [-0.3, -0.25) is 9.67 Å². The number of rotatable bonds is 6. The number of aryl methyl sites for hydroxylation is 1. The quantitative estimate of drug-likeness (QED) is 0.491. The van der Waals surface area contributed by atoms with E-state index in [0.717, 1.165) is 0 Å². The third-order valence-corrected chi connectivity index (χ3v) is 5.82. The zero-order valence-electron chi connectivity index (χ0n) is 15.2. The number of hydrogen-bond acceptors (Lipinski definition) is 6. The molecule has 0 bridgehead atoms. The first-order chi connectivity index (χ1) is 13.8. The lowest BCUT2D eigenvalue weighted by molar-refractivity contribution is 0.527. The fraction of sp³-hybridized carbons (Fsp3) is 0.167. The van der Waals surface area contributed by atoms with Gasteiger partial charge in [0.15, 0.2) is 11.4 Å². The first-order valence-corrected chi connectivity index (χ1v) is 10.1. The summed E-state index contributed by atoms with van der Waals surface area (Å²) < 4.78 is 46.8. The van der Waals surface area contributed by atoms with E-state index in [2.05, 4.69) is 19.9 Å². The number of H-pyrrole nitrogens is 1. The first-order valence-electron chi connectivity index (χ1n) is 8.60. The average Bonchev–Trinajstić information content (AvgIpc) is 3.27. The molecule has 2 aromatic heterocycles. The molecule has 4 aromatic rings. The molecule has 11 heteroatoms. The zero-order chi connectivity index (χ0) is 20.6. The van der Waals surface area contributed by atoms with Crippen molar-refractivity contribution in [3.8, 4) is 11.4 Å². The van der Waals surface area contributed by atoms with Crippen molar-refractivity contribution in [2.45, 2.75) is 11.3 Å². The van der Waals surface area contributed by atoms with Crippen LogP contribution in [0.4, 0.5) is 4.39 Å². The van der Waals surface area contributed by atoms with Crippen molar-refractivity contribution in [2.75, 3.05) is 6.54 Å². The number of halogens is 1. The van der Waals surface area contributed by atoms with Gasteiger partial charge in [0.05, 0.1) is 10.4 Å². The highest BCUT2D eigenvalue weighted by atomic mass is 32.2. The van der Waals surface area contributed by atoms with Crippen LogP contribution in [0.3, 0.4) is 0 Å². The molecule has 0 aliphatic heterocycles. The predicted molar refractivity (Wildman–Crippen MR) is 102 cm³/mol. The molecule has 2 N–H and O–H groups in total. The Labute approximate surface area is 164 Å². The van der Waals surface area contributed by atoms with Gasteiger partial charge in [-0.2, -0.15) is 5.10 Å². The number of aromatic amines is 1. The van der Waals surface area contributed by atoms with E-state index in [4.69, 9.17) is 4.42 Å². The van der Waals surface area contributed by atoms with E-state index in [1.807, 2.05) is 0 Å². The Kier molecular flexibility index (Phi) is 4.76. The molecule has 0 saturated heterocycles. The second-order valence-electron chi connectivity index (χ2n) is 6.32. The van der Waals surface area contributed by atoms with Gasteiger partial charge in [0.25, 0.3) is 0 Å². The third kappa shape index (κ3) is 3.82. The van der Waals surface area contributed by atoms with Crippen LogP contribution in [0, 0.1) is 5.82 Å². The monoisotopic (exact) mass is 417 g/mol. The number of hydrogen-bond donors (Lipinski definition) is 2. The fourth-order valence-electron chi connectivity index (χ4n) is 2.80. The molecule has 9 nitrogen and oxygen atoms in total. The molecular weight excluding hydrogens is 401 g/mol. The van der Waals surface area contributed by atoms with Crippen molar-refractivity contribution < 1.29 is 17.2 Å². The second-order valence-corrected chi connectivity index (χ2v) is 8.08. The Morgan fingerprint density at radius 3 is 2.72 bits per heavy atom. The Hall–Kier alpha value is -3.31. The Morgan fingerprint density at radius 2 is 1.97 bits per heavy atom. The maximum absolute atomic E-state index is 13.0. The number of fused-ring (bicyclic) bond motifs is 1. The molecule has 0 atom stereocenters. The second kappa shape index (κ2) is 7.26. The van der Waals surface area contributed by atoms with Gasteiger partial charge in [-0.15, -0.1) is 0 Å². The highest BCUT2D eigenvalue weighted by Gasteiger charge is 2.17. The van der Waals surface area contributed by atoms with Crippen LogP contribution in [-0.2, 0) is 23.5 Å². The Bertz CT molecular complexity index is 1340. The van der Waals surface area contributed by atoms with E-state index in [0.29, 0.717) is 22.7 Å².